The number of aromatic nitrogens is 5. The van der Waals surface area contributed by atoms with Crippen molar-refractivity contribution in [1.29, 1.82) is 0 Å². The molecule has 1 fully saturated rings. The molecule has 3 aromatic heterocycles. The Kier molecular flexibility index (Phi) is 8.17. The van der Waals surface area contributed by atoms with E-state index in [2.05, 4.69) is 25.1 Å². The molecule has 5 aromatic rings. The number of nitrogens with zero attached hydrogens (tertiary/aromatic N) is 7. The second kappa shape index (κ2) is 12.3. The molecule has 2 aromatic carbocycles. The molecule has 0 spiro atoms. The summed E-state index contributed by atoms with van der Waals surface area (Å²) < 4.78 is 7.48. The predicted molar refractivity (Wildman–Crippen MR) is 162 cm³/mol. The van der Waals surface area contributed by atoms with Crippen molar-refractivity contribution in [2.24, 2.45) is 0 Å². The van der Waals surface area contributed by atoms with Gasteiger partial charge in [0.05, 0.1) is 24.2 Å². The van der Waals surface area contributed by atoms with Crippen LogP contribution in [0.5, 0.6) is 5.75 Å². The number of para-hydroxylation sites is 2. The predicted octanol–water partition coefficient (Wildman–Crippen LogP) is 5.70. The maximum absolute atomic E-state index is 13.3. The van der Waals surface area contributed by atoms with Crippen LogP contribution >= 0.6 is 34.7 Å². The number of hydrogen-bond acceptors (Lipinski definition) is 9. The van der Waals surface area contributed by atoms with E-state index in [9.17, 15) is 4.79 Å². The minimum Gasteiger partial charge on any atom is -0.495 e. The van der Waals surface area contributed by atoms with E-state index in [1.165, 1.54) is 23.1 Å². The van der Waals surface area contributed by atoms with Gasteiger partial charge in [-0.05, 0) is 42.5 Å². The fourth-order valence-corrected chi connectivity index (χ4v) is 6.62. The molecular formula is C29H26ClN7O2S2. The summed E-state index contributed by atoms with van der Waals surface area (Å²) in [6.07, 6.45) is 3.48. The fraction of sp³-hybridized carbons (Fsp3) is 0.207. The van der Waals surface area contributed by atoms with Crippen LogP contribution in [0.4, 0.5) is 5.69 Å². The van der Waals surface area contributed by atoms with Gasteiger partial charge < -0.3 is 14.5 Å². The average Bonchev–Trinajstić information content (AvgIpc) is 3.68. The van der Waals surface area contributed by atoms with E-state index in [1.54, 1.807) is 19.5 Å². The number of hydrogen-bond donors (Lipinski definition) is 0. The van der Waals surface area contributed by atoms with Crippen molar-refractivity contribution >= 4 is 46.3 Å². The molecule has 6 rings (SSSR count). The molecule has 0 aliphatic carbocycles. The Hall–Kier alpha value is -3.93. The molecule has 0 atom stereocenters. The van der Waals surface area contributed by atoms with Crippen LogP contribution in [0.15, 0.2) is 83.6 Å². The third-order valence-corrected chi connectivity index (χ3v) is 8.91. The fourth-order valence-electron chi connectivity index (χ4n) is 4.70. The van der Waals surface area contributed by atoms with E-state index in [-0.39, 0.29) is 5.91 Å². The van der Waals surface area contributed by atoms with Crippen LogP contribution in [0.25, 0.3) is 17.1 Å². The Morgan fingerprint density at radius 1 is 1.05 bits per heavy atom. The molecule has 1 amide bonds. The van der Waals surface area contributed by atoms with Crippen molar-refractivity contribution in [3.8, 4) is 22.8 Å². The molecule has 208 valence electrons. The quantitative estimate of drug-likeness (QED) is 0.209. The van der Waals surface area contributed by atoms with E-state index in [1.807, 2.05) is 75.5 Å². The molecule has 9 nitrogen and oxygen atoms in total. The van der Waals surface area contributed by atoms with Gasteiger partial charge in [-0.1, -0.05) is 41.6 Å². The van der Waals surface area contributed by atoms with Crippen molar-refractivity contribution in [2.45, 2.75) is 10.9 Å². The monoisotopic (exact) mass is 603 g/mol. The van der Waals surface area contributed by atoms with Crippen molar-refractivity contribution in [3.63, 3.8) is 0 Å². The first-order chi connectivity index (χ1) is 20.1. The van der Waals surface area contributed by atoms with Crippen molar-refractivity contribution in [3.05, 3.63) is 94.2 Å². The molecule has 41 heavy (non-hydrogen) atoms. The van der Waals surface area contributed by atoms with Crippen molar-refractivity contribution in [2.75, 3.05) is 38.2 Å². The Labute approximate surface area is 250 Å². The third kappa shape index (κ3) is 5.92. The molecule has 0 saturated carbocycles. The highest BCUT2D eigenvalue weighted by Crippen LogP contribution is 2.32. The molecular weight excluding hydrogens is 578 g/mol. The maximum atomic E-state index is 13.3. The highest BCUT2D eigenvalue weighted by Gasteiger charge is 2.25. The summed E-state index contributed by atoms with van der Waals surface area (Å²) in [4.78, 5) is 26.3. The Morgan fingerprint density at radius 2 is 1.90 bits per heavy atom. The van der Waals surface area contributed by atoms with Gasteiger partial charge in [0, 0.05) is 54.5 Å². The summed E-state index contributed by atoms with van der Waals surface area (Å²) in [6, 6.07) is 19.4. The van der Waals surface area contributed by atoms with Gasteiger partial charge in [-0.3, -0.25) is 14.3 Å². The van der Waals surface area contributed by atoms with Crippen LogP contribution < -0.4 is 9.64 Å². The summed E-state index contributed by atoms with van der Waals surface area (Å²) >= 11 is 9.29. The van der Waals surface area contributed by atoms with E-state index in [4.69, 9.17) is 16.3 Å². The average molecular weight is 604 g/mol. The zero-order valence-corrected chi connectivity index (χ0v) is 24.6. The Balaban J connectivity index is 1.14. The molecule has 1 aliphatic rings. The number of ether oxygens (including phenoxy) is 1. The number of benzene rings is 2. The highest BCUT2D eigenvalue weighted by molar-refractivity contribution is 7.98. The molecule has 12 heteroatoms. The van der Waals surface area contributed by atoms with Gasteiger partial charge in [-0.25, -0.2) is 4.98 Å². The van der Waals surface area contributed by atoms with E-state index in [0.717, 1.165) is 40.8 Å². The minimum absolute atomic E-state index is 0.0434. The third-order valence-electron chi connectivity index (χ3n) is 6.71. The number of carbonyl (C=O) groups excluding carboxylic acids is 1. The number of piperazine rings is 1. The summed E-state index contributed by atoms with van der Waals surface area (Å²) in [7, 11) is 1.68. The molecule has 0 bridgehead atoms. The Bertz CT molecular complexity index is 1650. The number of methoxy groups -OCH3 is 1. The lowest BCUT2D eigenvalue weighted by molar-refractivity contribution is 0.0741. The summed E-state index contributed by atoms with van der Waals surface area (Å²) in [5.74, 6) is 2.02. The first-order valence-corrected chi connectivity index (χ1v) is 15.2. The van der Waals surface area contributed by atoms with Crippen molar-refractivity contribution < 1.29 is 9.53 Å². The topological polar surface area (TPSA) is 89.3 Å². The number of halogens is 1. The number of amides is 1. The standard InChI is InChI=1S/C29H26ClN7O2S2/c1-39-25-10-3-2-9-24(25)35-12-14-36(15-13-35)28(38)23-18-40-26(32-23)19-41-29-34-33-27(20-6-5-11-31-17-20)37(29)22-8-4-7-21(30)16-22/h2-11,16-18H,12-15,19H2,1H3. The lowest BCUT2D eigenvalue weighted by atomic mass is 10.2. The van der Waals surface area contributed by atoms with Crippen molar-refractivity contribution in [1.82, 2.24) is 29.6 Å². The number of rotatable bonds is 8. The molecule has 0 unspecified atom stereocenters. The molecule has 1 aliphatic heterocycles. The van der Waals surface area contributed by atoms with Crippen LogP contribution in [0.2, 0.25) is 5.02 Å². The normalized spacial score (nSPS) is 13.4. The van der Waals surface area contributed by atoms with Gasteiger partial charge in [0.1, 0.15) is 16.5 Å². The minimum atomic E-state index is -0.0434. The van der Waals surface area contributed by atoms with Crippen LogP contribution in [0.3, 0.4) is 0 Å². The van der Waals surface area contributed by atoms with Crippen LogP contribution in [-0.4, -0.2) is 68.8 Å². The number of pyridine rings is 1. The molecule has 4 heterocycles. The van der Waals surface area contributed by atoms with Crippen LogP contribution in [0, 0.1) is 0 Å². The summed E-state index contributed by atoms with van der Waals surface area (Å²) in [5.41, 5.74) is 3.22. The highest BCUT2D eigenvalue weighted by atomic mass is 35.5. The van der Waals surface area contributed by atoms with E-state index >= 15 is 0 Å². The van der Waals surface area contributed by atoms with E-state index < -0.39 is 0 Å². The lowest BCUT2D eigenvalue weighted by Crippen LogP contribution is -2.49. The van der Waals surface area contributed by atoms with E-state index in [0.29, 0.717) is 40.5 Å². The Morgan fingerprint density at radius 3 is 2.68 bits per heavy atom. The zero-order chi connectivity index (χ0) is 28.2. The zero-order valence-electron chi connectivity index (χ0n) is 22.2. The first-order valence-electron chi connectivity index (χ1n) is 13.0. The smallest absolute Gasteiger partial charge is 0.273 e. The summed E-state index contributed by atoms with van der Waals surface area (Å²) in [5, 5.41) is 12.9. The van der Waals surface area contributed by atoms with Gasteiger partial charge in [0.2, 0.25) is 0 Å². The number of anilines is 1. The molecule has 0 radical (unpaired) electrons. The first kappa shape index (κ1) is 27.3. The van der Waals surface area contributed by atoms with Gasteiger partial charge in [-0.15, -0.1) is 21.5 Å². The summed E-state index contributed by atoms with van der Waals surface area (Å²) in [6.45, 7) is 2.71. The van der Waals surface area contributed by atoms with Gasteiger partial charge in [-0.2, -0.15) is 0 Å². The van der Waals surface area contributed by atoms with Gasteiger partial charge >= 0.3 is 0 Å². The van der Waals surface area contributed by atoms with Gasteiger partial charge in [0.15, 0.2) is 11.0 Å². The molecule has 1 saturated heterocycles. The number of thiazole rings is 1. The number of carbonyl (C=O) groups is 1. The maximum Gasteiger partial charge on any atom is 0.273 e. The van der Waals surface area contributed by atoms with Crippen LogP contribution in [-0.2, 0) is 5.75 Å². The van der Waals surface area contributed by atoms with Gasteiger partial charge in [0.25, 0.3) is 5.91 Å². The second-order valence-electron chi connectivity index (χ2n) is 9.23. The molecule has 0 N–H and O–H groups in total. The van der Waals surface area contributed by atoms with Crippen LogP contribution in [0.1, 0.15) is 15.5 Å². The largest absolute Gasteiger partial charge is 0.495 e. The lowest BCUT2D eigenvalue weighted by Gasteiger charge is -2.36. The second-order valence-corrected chi connectivity index (χ2v) is 11.6. The SMILES string of the molecule is COc1ccccc1N1CCN(C(=O)c2csc(CSc3nnc(-c4cccnc4)n3-c3cccc(Cl)c3)n2)CC1. The number of thioether (sulfide) groups is 1.